The van der Waals surface area contributed by atoms with Crippen molar-refractivity contribution in [2.45, 2.75) is 71.1 Å². The zero-order chi connectivity index (χ0) is 36.3. The van der Waals surface area contributed by atoms with Gasteiger partial charge in [-0.2, -0.15) is 0 Å². The average molecular weight is 687 g/mol. The van der Waals surface area contributed by atoms with Crippen molar-refractivity contribution in [3.05, 3.63) is 173 Å². The average Bonchev–Trinajstić information content (AvgIpc) is 3.18. The predicted octanol–water partition coefficient (Wildman–Crippen LogP) is 13.6. The number of rotatable bonds is 4. The highest BCUT2D eigenvalue weighted by Crippen LogP contribution is 2.47. The number of hydrogen-bond donors (Lipinski definition) is 0. The maximum absolute atomic E-state index is 5.57. The van der Waals surface area contributed by atoms with Gasteiger partial charge in [-0.3, -0.25) is 0 Å². The molecule has 1 heterocycles. The van der Waals surface area contributed by atoms with Crippen LogP contribution in [0.25, 0.3) is 49.1 Å². The summed E-state index contributed by atoms with van der Waals surface area (Å²) < 4.78 is 0. The predicted molar refractivity (Wildman–Crippen MR) is 227 cm³/mol. The first-order valence-electron chi connectivity index (χ1n) is 19.2. The molecule has 53 heavy (non-hydrogen) atoms. The van der Waals surface area contributed by atoms with Crippen LogP contribution in [-0.2, 0) is 10.8 Å². The van der Waals surface area contributed by atoms with E-state index in [2.05, 4.69) is 174 Å². The molecule has 260 valence electrons. The van der Waals surface area contributed by atoms with Gasteiger partial charge in [0.05, 0.1) is 11.4 Å². The molecule has 0 radical (unpaired) electrons. The van der Waals surface area contributed by atoms with Crippen LogP contribution in [0, 0.1) is 0 Å². The number of allylic oxidation sites excluding steroid dienone is 1. The van der Waals surface area contributed by atoms with E-state index >= 15 is 0 Å². The molecule has 0 aromatic heterocycles. The number of nitrogens with zero attached hydrogens (tertiary/aromatic N) is 2. The Morgan fingerprint density at radius 3 is 1.83 bits per heavy atom. The molecule has 2 nitrogen and oxygen atoms in total. The molecule has 0 N–H and O–H groups in total. The zero-order valence-corrected chi connectivity index (χ0v) is 31.5. The molecule has 0 saturated heterocycles. The number of aliphatic imine (C=N–C) groups is 2. The Morgan fingerprint density at radius 1 is 0.453 bits per heavy atom. The third kappa shape index (κ3) is 5.91. The van der Waals surface area contributed by atoms with E-state index in [9.17, 15) is 0 Å². The molecule has 2 aliphatic rings. The minimum Gasteiger partial charge on any atom is -0.232 e. The van der Waals surface area contributed by atoms with Crippen LogP contribution in [0.1, 0.15) is 88.1 Å². The van der Waals surface area contributed by atoms with Crippen molar-refractivity contribution < 1.29 is 0 Å². The molecule has 7 aromatic rings. The van der Waals surface area contributed by atoms with Crippen LogP contribution in [0.5, 0.6) is 0 Å². The summed E-state index contributed by atoms with van der Waals surface area (Å²) in [5.41, 5.74) is 12.6. The zero-order valence-electron chi connectivity index (χ0n) is 31.5. The van der Waals surface area contributed by atoms with Gasteiger partial charge in [0.1, 0.15) is 0 Å². The minimum absolute atomic E-state index is 0.149. The molecule has 1 aliphatic heterocycles. The lowest BCUT2D eigenvalue weighted by atomic mass is 9.63. The number of hydrogen-bond acceptors (Lipinski definition) is 2. The molecule has 0 fully saturated rings. The summed E-state index contributed by atoms with van der Waals surface area (Å²) in [6.07, 6.45) is 4.14. The summed E-state index contributed by atoms with van der Waals surface area (Å²) in [5, 5.41) is 7.39. The Kier molecular flexibility index (Phi) is 8.04. The number of fused-ring (bicyclic) bond motifs is 5. The van der Waals surface area contributed by atoms with Gasteiger partial charge in [-0.25, -0.2) is 9.98 Å². The summed E-state index contributed by atoms with van der Waals surface area (Å²) in [4.78, 5) is 11.0. The molecule has 7 aromatic carbocycles. The lowest BCUT2D eigenvalue weighted by Crippen LogP contribution is -2.33. The largest absolute Gasteiger partial charge is 0.232 e. The van der Waals surface area contributed by atoms with E-state index in [4.69, 9.17) is 9.98 Å². The van der Waals surface area contributed by atoms with Crippen LogP contribution >= 0.6 is 0 Å². The second kappa shape index (κ2) is 12.8. The van der Waals surface area contributed by atoms with Crippen molar-refractivity contribution in [2.24, 2.45) is 9.98 Å². The van der Waals surface area contributed by atoms with E-state index in [1.807, 2.05) is 0 Å². The van der Waals surface area contributed by atoms with E-state index in [-0.39, 0.29) is 10.8 Å². The third-order valence-electron chi connectivity index (χ3n) is 12.1. The highest BCUT2D eigenvalue weighted by Gasteiger charge is 2.37. The molecule has 1 aliphatic carbocycles. The van der Waals surface area contributed by atoms with Crippen molar-refractivity contribution in [2.75, 3.05) is 0 Å². The Bertz CT molecular complexity index is 2670. The summed E-state index contributed by atoms with van der Waals surface area (Å²) in [7, 11) is 0. The molecule has 0 atom stereocenters. The van der Waals surface area contributed by atoms with Crippen molar-refractivity contribution in [1.29, 1.82) is 0 Å². The normalized spacial score (nSPS) is 20.2. The van der Waals surface area contributed by atoms with Crippen LogP contribution in [-0.4, -0.2) is 11.5 Å². The van der Waals surface area contributed by atoms with Gasteiger partial charge >= 0.3 is 0 Å². The fraction of sp³-hybridized carbons (Fsp3) is 0.216. The quantitative estimate of drug-likeness (QED) is 0.165. The SMILES string of the molecule is C/C1=C(c2ccc(-c3ccc4c(c3)C(C)(C)CCC4(C)C)c3ccccc23)/N=C(c2ccc3ccc4ccccc4c3c2)\N=C(\c2ccccc2)CC1. The summed E-state index contributed by atoms with van der Waals surface area (Å²) in [5.74, 6) is 0.750. The fourth-order valence-electron chi connectivity index (χ4n) is 8.75. The van der Waals surface area contributed by atoms with E-state index in [0.29, 0.717) is 0 Å². The van der Waals surface area contributed by atoms with Crippen LogP contribution in [0.2, 0.25) is 0 Å². The van der Waals surface area contributed by atoms with Crippen molar-refractivity contribution in [3.8, 4) is 11.1 Å². The molecular weight excluding hydrogens is 641 g/mol. The second-order valence-corrected chi connectivity index (χ2v) is 16.4. The summed E-state index contributed by atoms with van der Waals surface area (Å²) >= 11 is 0. The molecule has 0 spiro atoms. The molecular formula is C51H46N2. The Balaban J connectivity index is 1.23. The fourth-order valence-corrected chi connectivity index (χ4v) is 8.75. The Labute approximate surface area is 313 Å². The third-order valence-corrected chi connectivity index (χ3v) is 12.1. The lowest BCUT2D eigenvalue weighted by molar-refractivity contribution is 0.332. The van der Waals surface area contributed by atoms with Gasteiger partial charge in [-0.05, 0) is 115 Å². The molecule has 0 bridgehead atoms. The second-order valence-electron chi connectivity index (χ2n) is 16.4. The van der Waals surface area contributed by atoms with Crippen LogP contribution in [0.3, 0.4) is 0 Å². The summed E-state index contributed by atoms with van der Waals surface area (Å²) in [6, 6.07) is 51.1. The van der Waals surface area contributed by atoms with Crippen LogP contribution < -0.4 is 0 Å². The molecule has 0 amide bonds. The van der Waals surface area contributed by atoms with Gasteiger partial charge < -0.3 is 0 Å². The minimum atomic E-state index is 0.149. The number of amidine groups is 1. The molecule has 9 rings (SSSR count). The molecule has 2 heteroatoms. The van der Waals surface area contributed by atoms with Gasteiger partial charge in [-0.1, -0.05) is 161 Å². The van der Waals surface area contributed by atoms with Gasteiger partial charge in [0.25, 0.3) is 0 Å². The smallest absolute Gasteiger partial charge is 0.160 e. The number of benzene rings is 7. The van der Waals surface area contributed by atoms with Crippen molar-refractivity contribution in [3.63, 3.8) is 0 Å². The lowest BCUT2D eigenvalue weighted by Gasteiger charge is -2.42. The molecule has 0 saturated carbocycles. The van der Waals surface area contributed by atoms with Gasteiger partial charge in [-0.15, -0.1) is 0 Å². The first-order valence-corrected chi connectivity index (χ1v) is 19.2. The Hall–Kier alpha value is -5.60. The molecule has 0 unspecified atom stereocenters. The highest BCUT2D eigenvalue weighted by molar-refractivity contribution is 6.17. The standard InChI is InChI=1S/C51H46N2/c1-33-19-28-47(36-14-7-6-8-15-36)52-49(38-23-22-35-21-20-34-13-9-10-16-39(34)44(35)31-38)53-48(33)43-26-25-40(41-17-11-12-18-42(41)43)37-24-27-45-46(32-37)51(4,5)30-29-50(45,2)3/h6-18,20-27,31-32H,19,28-30H2,1-5H3/b48-33-,52-47+,53-49-. The van der Waals surface area contributed by atoms with Gasteiger partial charge in [0.2, 0.25) is 0 Å². The monoisotopic (exact) mass is 686 g/mol. The first kappa shape index (κ1) is 33.3. The van der Waals surface area contributed by atoms with Crippen LogP contribution in [0.4, 0.5) is 0 Å². The van der Waals surface area contributed by atoms with Gasteiger partial charge in [0, 0.05) is 11.1 Å². The maximum Gasteiger partial charge on any atom is 0.160 e. The van der Waals surface area contributed by atoms with E-state index in [1.165, 1.54) is 73.0 Å². The van der Waals surface area contributed by atoms with E-state index < -0.39 is 0 Å². The highest BCUT2D eigenvalue weighted by atomic mass is 14.9. The maximum atomic E-state index is 5.57. The Morgan fingerprint density at radius 2 is 1.06 bits per heavy atom. The van der Waals surface area contributed by atoms with E-state index in [0.717, 1.165) is 46.8 Å². The summed E-state index contributed by atoms with van der Waals surface area (Å²) in [6.45, 7) is 11.9. The van der Waals surface area contributed by atoms with Crippen LogP contribution in [0.15, 0.2) is 155 Å². The van der Waals surface area contributed by atoms with E-state index in [1.54, 1.807) is 0 Å². The van der Waals surface area contributed by atoms with Crippen molar-refractivity contribution in [1.82, 2.24) is 0 Å². The van der Waals surface area contributed by atoms with Gasteiger partial charge in [0.15, 0.2) is 5.84 Å². The van der Waals surface area contributed by atoms with Crippen molar-refractivity contribution >= 4 is 49.6 Å². The first-order chi connectivity index (χ1) is 25.7. The topological polar surface area (TPSA) is 24.7 Å².